The molecule has 0 saturated heterocycles. The summed E-state index contributed by atoms with van der Waals surface area (Å²) in [6.45, 7) is 4.35. The number of carbonyl (C=O) groups is 1. The number of allylic oxidation sites excluding steroid dienone is 3. The first-order valence-corrected chi connectivity index (χ1v) is 33.1. The topological polar surface area (TPSA) is 69.6 Å². The number of hydrogen-bond donors (Lipinski definition) is 3. The number of rotatable bonds is 62. The van der Waals surface area contributed by atoms with Crippen LogP contribution in [0, 0.1) is 0 Å². The minimum atomic E-state index is -0.836. The molecule has 0 aromatic heterocycles. The Morgan fingerprint density at radius 2 is 0.535 bits per heavy atom. The number of carbonyl (C=O) groups excluding carboxylic acids is 1. The van der Waals surface area contributed by atoms with E-state index in [0.717, 1.165) is 25.7 Å². The van der Waals surface area contributed by atoms with E-state index >= 15 is 0 Å². The van der Waals surface area contributed by atoms with Crippen molar-refractivity contribution >= 4 is 5.91 Å². The van der Waals surface area contributed by atoms with Gasteiger partial charge in [0.25, 0.3) is 0 Å². The van der Waals surface area contributed by atoms with E-state index in [4.69, 9.17) is 0 Å². The molecule has 4 nitrogen and oxygen atoms in total. The summed E-state index contributed by atoms with van der Waals surface area (Å²) in [5.41, 5.74) is 0. The Morgan fingerprint density at radius 1 is 0.324 bits per heavy atom. The molecule has 422 valence electrons. The lowest BCUT2D eigenvalue weighted by Gasteiger charge is -2.20. The summed E-state index contributed by atoms with van der Waals surface area (Å²) in [5, 5.41) is 23.2. The molecule has 0 bridgehead atoms. The average molecular weight is 999 g/mol. The van der Waals surface area contributed by atoms with Crippen molar-refractivity contribution < 1.29 is 15.0 Å². The van der Waals surface area contributed by atoms with Gasteiger partial charge in [-0.1, -0.05) is 353 Å². The second-order valence-corrected chi connectivity index (χ2v) is 22.9. The Morgan fingerprint density at radius 3 is 0.775 bits per heavy atom. The Balaban J connectivity index is 3.36. The maximum atomic E-state index is 12.5. The van der Waals surface area contributed by atoms with E-state index in [1.165, 1.54) is 334 Å². The zero-order chi connectivity index (χ0) is 51.3. The lowest BCUT2D eigenvalue weighted by Crippen LogP contribution is -2.45. The molecule has 0 rings (SSSR count). The Labute approximate surface area is 447 Å². The van der Waals surface area contributed by atoms with Gasteiger partial charge in [-0.2, -0.15) is 0 Å². The summed E-state index contributed by atoms with van der Waals surface area (Å²) >= 11 is 0. The van der Waals surface area contributed by atoms with Crippen LogP contribution >= 0.6 is 0 Å². The highest BCUT2D eigenvalue weighted by Gasteiger charge is 2.18. The van der Waals surface area contributed by atoms with Crippen LogP contribution in [0.1, 0.15) is 380 Å². The van der Waals surface area contributed by atoms with Crippen molar-refractivity contribution in [3.63, 3.8) is 0 Å². The van der Waals surface area contributed by atoms with E-state index in [1.807, 2.05) is 6.08 Å². The minimum absolute atomic E-state index is 0.0555. The highest BCUT2D eigenvalue weighted by atomic mass is 16.3. The van der Waals surface area contributed by atoms with Crippen LogP contribution in [0.3, 0.4) is 0 Å². The van der Waals surface area contributed by atoms with Crippen LogP contribution in [-0.2, 0) is 4.79 Å². The Kier molecular flexibility index (Phi) is 62.2. The highest BCUT2D eigenvalue weighted by molar-refractivity contribution is 5.76. The largest absolute Gasteiger partial charge is 0.394 e. The van der Waals surface area contributed by atoms with Crippen molar-refractivity contribution in [3.05, 3.63) is 24.3 Å². The predicted molar refractivity (Wildman–Crippen MR) is 318 cm³/mol. The molecule has 2 atom stereocenters. The third kappa shape index (κ3) is 59.6. The molecule has 0 aliphatic heterocycles. The molecule has 0 heterocycles. The molecular weight excluding hydrogens is 867 g/mol. The van der Waals surface area contributed by atoms with E-state index in [-0.39, 0.29) is 12.5 Å². The molecule has 0 aromatic rings. The first-order valence-electron chi connectivity index (χ1n) is 33.1. The van der Waals surface area contributed by atoms with Gasteiger partial charge < -0.3 is 15.5 Å². The molecule has 0 aromatic carbocycles. The number of hydrogen-bond acceptors (Lipinski definition) is 3. The van der Waals surface area contributed by atoms with Crippen LogP contribution in [0.2, 0.25) is 0 Å². The van der Waals surface area contributed by atoms with Crippen molar-refractivity contribution in [1.82, 2.24) is 5.32 Å². The van der Waals surface area contributed by atoms with Crippen molar-refractivity contribution in [2.45, 2.75) is 392 Å². The number of aliphatic hydroxyl groups is 2. The molecular formula is C67H131NO3. The summed E-state index contributed by atoms with van der Waals surface area (Å²) in [4.78, 5) is 12.5. The fraction of sp³-hybridized carbons (Fsp3) is 0.925. The predicted octanol–water partition coefficient (Wildman–Crippen LogP) is 22.2. The molecule has 3 N–H and O–H groups in total. The molecule has 2 unspecified atom stereocenters. The zero-order valence-corrected chi connectivity index (χ0v) is 48.8. The van der Waals surface area contributed by atoms with Gasteiger partial charge in [-0.15, -0.1) is 0 Å². The first kappa shape index (κ1) is 69.9. The van der Waals surface area contributed by atoms with Gasteiger partial charge in [-0.05, 0) is 44.9 Å². The standard InChI is InChI=1S/C67H131NO3/c1-3-5-7-9-11-13-15-17-19-21-23-24-25-26-27-28-29-30-31-32-33-34-35-36-37-38-39-40-41-42-43-44-45-47-49-51-53-55-57-59-61-63-67(71)68-65(64-69)66(70)62-60-58-56-54-52-50-48-46-22-20-18-16-14-12-10-8-6-4-2/h21,23,60,62,65-66,69-70H,3-20,22,24-59,61,63-64H2,1-2H3,(H,68,71)/b23-21-,62-60+. The lowest BCUT2D eigenvalue weighted by atomic mass is 10.0. The van der Waals surface area contributed by atoms with Gasteiger partial charge in [0.2, 0.25) is 5.91 Å². The SMILES string of the molecule is CCCCCCCCCC/C=C\CCCCCCCCCCCCCCCCCCCCCCCCCCCCCCCC(=O)NC(CO)C(O)/C=C/CCCCCCCCCCCCCCCCCC. The van der Waals surface area contributed by atoms with Crippen LogP contribution in [0.5, 0.6) is 0 Å². The van der Waals surface area contributed by atoms with Crippen LogP contribution in [-0.4, -0.2) is 34.9 Å². The van der Waals surface area contributed by atoms with E-state index in [0.29, 0.717) is 6.42 Å². The number of aliphatic hydroxyl groups excluding tert-OH is 2. The Hall–Kier alpha value is -1.13. The fourth-order valence-electron chi connectivity index (χ4n) is 10.7. The molecule has 0 spiro atoms. The summed E-state index contributed by atoms with van der Waals surface area (Å²) < 4.78 is 0. The minimum Gasteiger partial charge on any atom is -0.394 e. The lowest BCUT2D eigenvalue weighted by molar-refractivity contribution is -0.123. The molecule has 0 radical (unpaired) electrons. The number of amides is 1. The maximum absolute atomic E-state index is 12.5. The third-order valence-corrected chi connectivity index (χ3v) is 15.7. The second-order valence-electron chi connectivity index (χ2n) is 22.9. The van der Waals surface area contributed by atoms with E-state index < -0.39 is 12.1 Å². The van der Waals surface area contributed by atoms with E-state index in [9.17, 15) is 15.0 Å². The summed E-state index contributed by atoms with van der Waals surface area (Å²) in [5.74, 6) is -0.0555. The van der Waals surface area contributed by atoms with Crippen LogP contribution in [0.4, 0.5) is 0 Å². The highest BCUT2D eigenvalue weighted by Crippen LogP contribution is 2.19. The normalized spacial score (nSPS) is 12.8. The van der Waals surface area contributed by atoms with Crippen LogP contribution < -0.4 is 5.32 Å². The van der Waals surface area contributed by atoms with Crippen LogP contribution in [0.15, 0.2) is 24.3 Å². The maximum Gasteiger partial charge on any atom is 0.220 e. The van der Waals surface area contributed by atoms with Gasteiger partial charge in [0.05, 0.1) is 18.8 Å². The smallest absolute Gasteiger partial charge is 0.220 e. The van der Waals surface area contributed by atoms with Gasteiger partial charge in [0, 0.05) is 6.42 Å². The van der Waals surface area contributed by atoms with Gasteiger partial charge in [0.15, 0.2) is 0 Å². The van der Waals surface area contributed by atoms with E-state index in [2.05, 4.69) is 31.3 Å². The molecule has 1 amide bonds. The fourth-order valence-corrected chi connectivity index (χ4v) is 10.7. The third-order valence-electron chi connectivity index (χ3n) is 15.7. The molecule has 4 heteroatoms. The van der Waals surface area contributed by atoms with Crippen LogP contribution in [0.25, 0.3) is 0 Å². The van der Waals surface area contributed by atoms with Crippen molar-refractivity contribution in [3.8, 4) is 0 Å². The van der Waals surface area contributed by atoms with Gasteiger partial charge in [-0.25, -0.2) is 0 Å². The van der Waals surface area contributed by atoms with E-state index in [1.54, 1.807) is 6.08 Å². The van der Waals surface area contributed by atoms with Gasteiger partial charge in [0.1, 0.15) is 0 Å². The van der Waals surface area contributed by atoms with Gasteiger partial charge >= 0.3 is 0 Å². The van der Waals surface area contributed by atoms with Crippen molar-refractivity contribution in [1.29, 1.82) is 0 Å². The number of nitrogens with one attached hydrogen (secondary N) is 1. The zero-order valence-electron chi connectivity index (χ0n) is 48.8. The Bertz CT molecular complexity index is 1040. The molecule has 0 aliphatic rings. The number of unbranched alkanes of at least 4 members (excludes halogenated alkanes) is 53. The average Bonchev–Trinajstić information content (AvgIpc) is 3.37. The quantitative estimate of drug-likeness (QED) is 0.0420. The summed E-state index contributed by atoms with van der Waals surface area (Å²) in [6, 6.07) is -0.619. The molecule has 71 heavy (non-hydrogen) atoms. The monoisotopic (exact) mass is 998 g/mol. The van der Waals surface area contributed by atoms with Crippen molar-refractivity contribution in [2.75, 3.05) is 6.61 Å². The summed E-state index contributed by atoms with van der Waals surface area (Å²) in [7, 11) is 0. The molecule has 0 aliphatic carbocycles. The van der Waals surface area contributed by atoms with Crippen molar-refractivity contribution in [2.24, 2.45) is 0 Å². The van der Waals surface area contributed by atoms with Gasteiger partial charge in [-0.3, -0.25) is 4.79 Å². The second kappa shape index (κ2) is 63.2. The summed E-state index contributed by atoms with van der Waals surface area (Å²) in [6.07, 6.45) is 85.5. The molecule has 0 fully saturated rings. The molecule has 0 saturated carbocycles. The first-order chi connectivity index (χ1) is 35.2.